The number of para-hydroxylation sites is 1. The van der Waals surface area contributed by atoms with E-state index in [9.17, 15) is 9.59 Å². The second kappa shape index (κ2) is 15.3. The first-order chi connectivity index (χ1) is 22.3. The summed E-state index contributed by atoms with van der Waals surface area (Å²) < 4.78 is 17.7. The van der Waals surface area contributed by atoms with Gasteiger partial charge in [0.15, 0.2) is 17.3 Å². The molecule has 2 aliphatic rings. The first kappa shape index (κ1) is 33.8. The molecule has 0 aliphatic carbocycles. The van der Waals surface area contributed by atoms with Gasteiger partial charge in [-0.3, -0.25) is 14.5 Å². The molecule has 2 fully saturated rings. The molecule has 3 heterocycles. The van der Waals surface area contributed by atoms with Gasteiger partial charge in [0.25, 0.3) is 0 Å². The van der Waals surface area contributed by atoms with Crippen molar-refractivity contribution in [1.82, 2.24) is 20.1 Å². The van der Waals surface area contributed by atoms with E-state index in [4.69, 9.17) is 19.9 Å². The summed E-state index contributed by atoms with van der Waals surface area (Å²) in [6.45, 7) is 12.4. The average molecular weight is 634 g/mol. The maximum Gasteiger partial charge on any atom is 0.240 e. The van der Waals surface area contributed by atoms with Gasteiger partial charge in [-0.2, -0.15) is 0 Å². The van der Waals surface area contributed by atoms with E-state index < -0.39 is 11.6 Å². The van der Waals surface area contributed by atoms with Crippen molar-refractivity contribution in [2.45, 2.75) is 84.0 Å². The highest BCUT2D eigenvalue weighted by Gasteiger charge is 2.50. The van der Waals surface area contributed by atoms with Crippen LogP contribution in [0.3, 0.4) is 0 Å². The number of hydrogen-bond donors (Lipinski definition) is 3. The van der Waals surface area contributed by atoms with E-state index in [0.29, 0.717) is 61.8 Å². The van der Waals surface area contributed by atoms with E-state index >= 15 is 0 Å². The first-order valence-electron chi connectivity index (χ1n) is 17.0. The summed E-state index contributed by atoms with van der Waals surface area (Å²) >= 11 is 0. The van der Waals surface area contributed by atoms with E-state index in [1.54, 1.807) is 6.20 Å². The van der Waals surface area contributed by atoms with Crippen LogP contribution in [-0.2, 0) is 21.7 Å². The van der Waals surface area contributed by atoms with Crippen molar-refractivity contribution >= 4 is 22.6 Å². The molecule has 2 atom stereocenters. The fourth-order valence-corrected chi connectivity index (χ4v) is 7.23. The largest absolute Gasteiger partial charge is 0.490 e. The molecule has 2 aromatic carbocycles. The van der Waals surface area contributed by atoms with Gasteiger partial charge in [0.05, 0.1) is 19.8 Å². The molecule has 46 heavy (non-hydrogen) atoms. The topological polar surface area (TPSA) is 122 Å². The number of amides is 1. The van der Waals surface area contributed by atoms with E-state index in [2.05, 4.69) is 20.1 Å². The van der Waals surface area contributed by atoms with Crippen LogP contribution >= 0.6 is 0 Å². The lowest BCUT2D eigenvalue weighted by Gasteiger charge is -2.46. The number of fused-ring (bicyclic) bond motifs is 1. The number of H-pyrrole nitrogens is 1. The number of hydrogen-bond acceptors (Lipinski definition) is 8. The summed E-state index contributed by atoms with van der Waals surface area (Å²) in [5, 5.41) is 3.99. The minimum atomic E-state index is -1.58. The van der Waals surface area contributed by atoms with Crippen LogP contribution < -0.4 is 25.3 Å². The molecule has 0 bridgehead atoms. The quantitative estimate of drug-likeness (QED) is 0.233. The molecule has 250 valence electrons. The van der Waals surface area contributed by atoms with Crippen LogP contribution in [0.15, 0.2) is 42.6 Å². The number of benzene rings is 2. The smallest absolute Gasteiger partial charge is 0.240 e. The zero-order valence-electron chi connectivity index (χ0n) is 27.9. The number of carbonyl (C=O) groups is 2. The molecule has 1 aromatic heterocycles. The second-order valence-corrected chi connectivity index (χ2v) is 12.4. The molecule has 10 nitrogen and oxygen atoms in total. The summed E-state index contributed by atoms with van der Waals surface area (Å²) in [5.41, 5.74) is 7.96. The van der Waals surface area contributed by atoms with Gasteiger partial charge >= 0.3 is 0 Å². The SMILES string of the molecule is CCOc1cc(CNC(=O)C(N2CCC(N3CCCCC3)CC2)C(N)(C(C)=O)c2c[nH]c3ccccc23)cc(OCC)c1OCC. The predicted molar refractivity (Wildman–Crippen MR) is 180 cm³/mol. The van der Waals surface area contributed by atoms with Crippen molar-refractivity contribution in [2.75, 3.05) is 46.0 Å². The number of aromatic nitrogens is 1. The Morgan fingerprint density at radius 1 is 0.957 bits per heavy atom. The van der Waals surface area contributed by atoms with Gasteiger partial charge in [-0.25, -0.2) is 0 Å². The van der Waals surface area contributed by atoms with Crippen molar-refractivity contribution in [3.8, 4) is 17.2 Å². The number of ketones is 1. The van der Waals surface area contributed by atoms with E-state index in [-0.39, 0.29) is 18.2 Å². The Hall–Kier alpha value is -3.60. The van der Waals surface area contributed by atoms with E-state index in [0.717, 1.165) is 42.4 Å². The Labute approximate surface area is 272 Å². The fraction of sp³-hybridized carbons (Fsp3) is 0.556. The van der Waals surface area contributed by atoms with E-state index in [1.807, 2.05) is 57.2 Å². The number of Topliss-reactive ketones (excluding diaryl/α,β-unsaturated/α-hetero) is 1. The van der Waals surface area contributed by atoms with Crippen LogP contribution in [0.5, 0.6) is 17.2 Å². The minimum Gasteiger partial charge on any atom is -0.490 e. The third-order valence-electron chi connectivity index (χ3n) is 9.50. The molecule has 10 heteroatoms. The highest BCUT2D eigenvalue weighted by molar-refractivity contribution is 6.00. The molecule has 5 rings (SSSR count). The molecule has 1 amide bonds. The van der Waals surface area contributed by atoms with Gasteiger partial charge < -0.3 is 35.1 Å². The molecule has 2 unspecified atom stereocenters. The molecule has 4 N–H and O–H groups in total. The van der Waals surface area contributed by atoms with Crippen LogP contribution in [-0.4, -0.2) is 84.6 Å². The Morgan fingerprint density at radius 2 is 1.59 bits per heavy atom. The zero-order valence-corrected chi connectivity index (χ0v) is 27.9. The lowest BCUT2D eigenvalue weighted by molar-refractivity contribution is -0.137. The van der Waals surface area contributed by atoms with Crippen molar-refractivity contribution in [3.63, 3.8) is 0 Å². The Balaban J connectivity index is 1.46. The lowest BCUT2D eigenvalue weighted by Crippen LogP contribution is -2.67. The van der Waals surface area contributed by atoms with Crippen LogP contribution in [0.4, 0.5) is 0 Å². The van der Waals surface area contributed by atoms with Crippen LogP contribution in [0.25, 0.3) is 10.9 Å². The maximum absolute atomic E-state index is 14.5. The van der Waals surface area contributed by atoms with Crippen LogP contribution in [0.1, 0.15) is 70.9 Å². The monoisotopic (exact) mass is 633 g/mol. The number of ether oxygens (including phenoxy) is 3. The summed E-state index contributed by atoms with van der Waals surface area (Å²) in [7, 11) is 0. The summed E-state index contributed by atoms with van der Waals surface area (Å²) in [5.74, 6) is 1.13. The molecular weight excluding hydrogens is 582 g/mol. The highest BCUT2D eigenvalue weighted by atomic mass is 16.5. The molecule has 3 aromatic rings. The van der Waals surface area contributed by atoms with Gasteiger partial charge in [-0.15, -0.1) is 0 Å². The van der Waals surface area contributed by atoms with Gasteiger partial charge in [0, 0.05) is 48.3 Å². The number of nitrogens with two attached hydrogens (primary N) is 1. The molecule has 2 aliphatic heterocycles. The number of nitrogens with zero attached hydrogens (tertiary/aromatic N) is 2. The van der Waals surface area contributed by atoms with Gasteiger partial charge in [-0.1, -0.05) is 24.6 Å². The van der Waals surface area contributed by atoms with Gasteiger partial charge in [0.2, 0.25) is 11.7 Å². The van der Waals surface area contributed by atoms with Gasteiger partial charge in [0.1, 0.15) is 11.6 Å². The zero-order chi connectivity index (χ0) is 32.7. The normalized spacial score (nSPS) is 18.5. The lowest BCUT2D eigenvalue weighted by atomic mass is 9.78. The Bertz CT molecular complexity index is 1450. The number of carbonyl (C=O) groups excluding carboxylic acids is 2. The summed E-state index contributed by atoms with van der Waals surface area (Å²) in [6, 6.07) is 11.1. The van der Waals surface area contributed by atoms with Crippen molar-refractivity contribution < 1.29 is 23.8 Å². The number of piperidine rings is 2. The summed E-state index contributed by atoms with van der Waals surface area (Å²) in [6.07, 6.45) is 7.43. The third-order valence-corrected chi connectivity index (χ3v) is 9.50. The molecule has 0 saturated carbocycles. The Kier molecular flexibility index (Phi) is 11.2. The van der Waals surface area contributed by atoms with E-state index in [1.165, 1.54) is 26.2 Å². The number of likely N-dealkylation sites (tertiary alicyclic amines) is 2. The van der Waals surface area contributed by atoms with Crippen LogP contribution in [0.2, 0.25) is 0 Å². The number of nitrogens with one attached hydrogen (secondary N) is 2. The maximum atomic E-state index is 14.5. The number of rotatable bonds is 14. The average Bonchev–Trinajstić information content (AvgIpc) is 3.51. The molecular formula is C36H51N5O5. The number of aromatic amines is 1. The molecule has 0 spiro atoms. The molecule has 0 radical (unpaired) electrons. The van der Waals surface area contributed by atoms with Crippen molar-refractivity contribution in [2.24, 2.45) is 5.73 Å². The van der Waals surface area contributed by atoms with Crippen molar-refractivity contribution in [3.05, 3.63) is 53.7 Å². The van der Waals surface area contributed by atoms with Crippen LogP contribution in [0, 0.1) is 0 Å². The third kappa shape index (κ3) is 7.04. The Morgan fingerprint density at radius 3 is 2.20 bits per heavy atom. The predicted octanol–water partition coefficient (Wildman–Crippen LogP) is 4.74. The van der Waals surface area contributed by atoms with Gasteiger partial charge in [-0.05, 0) is 90.2 Å². The standard InChI is InChI=1S/C36H51N5O5/c1-5-44-31-21-26(22-32(45-6-2)33(31)46-7-3)23-39-35(43)34(41-19-15-27(16-20-41)40-17-11-8-12-18-40)36(37,25(4)42)29-24-38-30-14-10-9-13-28(29)30/h9-10,13-14,21-22,24,27,34,38H,5-8,11-12,15-20,23,37H2,1-4H3,(H,39,43). The molecule has 2 saturated heterocycles. The van der Waals surface area contributed by atoms with Crippen molar-refractivity contribution in [1.29, 1.82) is 0 Å². The summed E-state index contributed by atoms with van der Waals surface area (Å²) in [4.78, 5) is 36.2. The first-order valence-corrected chi connectivity index (χ1v) is 17.0. The minimum absolute atomic E-state index is 0.202. The second-order valence-electron chi connectivity index (χ2n) is 12.4. The fourth-order valence-electron chi connectivity index (χ4n) is 7.23. The highest BCUT2D eigenvalue weighted by Crippen LogP contribution is 2.40.